The van der Waals surface area contributed by atoms with Crippen LogP contribution in [0.1, 0.15) is 40.1 Å². The van der Waals surface area contributed by atoms with Crippen LogP contribution in [0, 0.1) is 5.92 Å². The Balaban J connectivity index is 2.10. The van der Waals surface area contributed by atoms with Crippen LogP contribution in [0.5, 0.6) is 11.5 Å². The van der Waals surface area contributed by atoms with E-state index in [9.17, 15) is 9.59 Å². The van der Waals surface area contributed by atoms with Crippen molar-refractivity contribution < 1.29 is 23.8 Å². The minimum atomic E-state index is -0.535. The predicted octanol–water partition coefficient (Wildman–Crippen LogP) is 3.66. The molecule has 132 valence electrons. The number of hydrogen-bond acceptors (Lipinski definition) is 6. The van der Waals surface area contributed by atoms with Crippen molar-refractivity contribution in [3.8, 4) is 11.5 Å². The van der Waals surface area contributed by atoms with E-state index in [4.69, 9.17) is 14.2 Å². The van der Waals surface area contributed by atoms with Crippen LogP contribution in [0.25, 0.3) is 0 Å². The lowest BCUT2D eigenvalue weighted by molar-refractivity contribution is -0.148. The van der Waals surface area contributed by atoms with Crippen LogP contribution < -0.4 is 9.47 Å². The number of carbonyl (C=O) groups excluding carboxylic acids is 2. The first-order chi connectivity index (χ1) is 12.1. The molecule has 25 heavy (non-hydrogen) atoms. The quantitative estimate of drug-likeness (QED) is 0.762. The summed E-state index contributed by atoms with van der Waals surface area (Å²) < 4.78 is 15.9. The lowest BCUT2D eigenvalue weighted by atomic mass is 9.74. The van der Waals surface area contributed by atoms with Gasteiger partial charge < -0.3 is 14.2 Å². The molecule has 1 aromatic carbocycles. The molecular formula is C19H20O5S. The Morgan fingerprint density at radius 2 is 1.96 bits per heavy atom. The van der Waals surface area contributed by atoms with Crippen LogP contribution in [0.3, 0.4) is 0 Å². The summed E-state index contributed by atoms with van der Waals surface area (Å²) in [5, 5.41) is 1.89. The molecule has 0 saturated carbocycles. The van der Waals surface area contributed by atoms with Gasteiger partial charge in [0.2, 0.25) is 0 Å². The molecule has 1 aromatic heterocycles. The summed E-state index contributed by atoms with van der Waals surface area (Å²) in [6, 6.07) is 7.52. The highest BCUT2D eigenvalue weighted by molar-refractivity contribution is 7.12. The highest BCUT2D eigenvalue weighted by Gasteiger charge is 2.41. The lowest BCUT2D eigenvalue weighted by Crippen LogP contribution is -2.32. The number of ether oxygens (including phenoxy) is 3. The third-order valence-electron chi connectivity index (χ3n) is 4.45. The molecule has 0 aliphatic heterocycles. The van der Waals surface area contributed by atoms with Crippen LogP contribution in [0.15, 0.2) is 29.6 Å². The fourth-order valence-corrected chi connectivity index (χ4v) is 4.24. The van der Waals surface area contributed by atoms with Crippen molar-refractivity contribution in [1.82, 2.24) is 0 Å². The first-order valence-corrected chi connectivity index (χ1v) is 8.97. The van der Waals surface area contributed by atoms with E-state index in [1.165, 1.54) is 11.3 Å². The van der Waals surface area contributed by atoms with Gasteiger partial charge in [0.25, 0.3) is 0 Å². The van der Waals surface area contributed by atoms with Crippen molar-refractivity contribution >= 4 is 23.1 Å². The van der Waals surface area contributed by atoms with E-state index in [1.807, 2.05) is 29.6 Å². The molecule has 2 aromatic rings. The van der Waals surface area contributed by atoms with Gasteiger partial charge in [-0.1, -0.05) is 6.07 Å². The molecule has 0 amide bonds. The molecule has 6 heteroatoms. The summed E-state index contributed by atoms with van der Waals surface area (Å²) in [6.07, 6.45) is 0.158. The lowest BCUT2D eigenvalue weighted by Gasteiger charge is -2.30. The van der Waals surface area contributed by atoms with Gasteiger partial charge in [0, 0.05) is 12.3 Å². The Morgan fingerprint density at radius 3 is 2.64 bits per heavy atom. The van der Waals surface area contributed by atoms with Gasteiger partial charge in [-0.3, -0.25) is 9.59 Å². The van der Waals surface area contributed by atoms with Crippen molar-refractivity contribution in [2.24, 2.45) is 5.92 Å². The second-order valence-electron chi connectivity index (χ2n) is 5.78. The number of hydrogen-bond donors (Lipinski definition) is 0. The van der Waals surface area contributed by atoms with Crippen LogP contribution >= 0.6 is 11.3 Å². The Kier molecular flexibility index (Phi) is 5.08. The molecule has 2 atom stereocenters. The molecule has 1 aliphatic carbocycles. The van der Waals surface area contributed by atoms with Crippen LogP contribution in [-0.2, 0) is 9.53 Å². The van der Waals surface area contributed by atoms with E-state index in [0.717, 1.165) is 16.0 Å². The average molecular weight is 360 g/mol. The molecule has 0 spiro atoms. The molecule has 3 rings (SSSR count). The van der Waals surface area contributed by atoms with Gasteiger partial charge in [-0.2, -0.15) is 0 Å². The van der Waals surface area contributed by atoms with Gasteiger partial charge in [0.05, 0.1) is 31.6 Å². The molecule has 0 fully saturated rings. The normalized spacial score (nSPS) is 19.2. The highest BCUT2D eigenvalue weighted by Crippen LogP contribution is 2.45. The summed E-state index contributed by atoms with van der Waals surface area (Å²) in [4.78, 5) is 25.7. The zero-order valence-corrected chi connectivity index (χ0v) is 15.2. The van der Waals surface area contributed by atoms with Gasteiger partial charge in [-0.05, 0) is 41.6 Å². The minimum absolute atomic E-state index is 0.000204. The van der Waals surface area contributed by atoms with Gasteiger partial charge in [-0.15, -0.1) is 11.3 Å². The Hall–Kier alpha value is -2.34. The predicted molar refractivity (Wildman–Crippen MR) is 94.8 cm³/mol. The summed E-state index contributed by atoms with van der Waals surface area (Å²) in [5.74, 6) is 0.102. The van der Waals surface area contributed by atoms with Crippen molar-refractivity contribution in [2.45, 2.75) is 19.3 Å². The SMILES string of the molecule is CCOC(=O)[C@@H]1CC(=O)c2sccc2[C@H]1c1ccc(OC)c(OC)c1. The van der Waals surface area contributed by atoms with Crippen molar-refractivity contribution in [3.63, 3.8) is 0 Å². The Labute approximate surface area is 150 Å². The average Bonchev–Trinajstić information content (AvgIpc) is 3.11. The van der Waals surface area contributed by atoms with E-state index < -0.39 is 5.92 Å². The summed E-state index contributed by atoms with van der Waals surface area (Å²) in [7, 11) is 3.15. The minimum Gasteiger partial charge on any atom is -0.493 e. The zero-order chi connectivity index (χ0) is 18.0. The fourth-order valence-electron chi connectivity index (χ4n) is 3.34. The third kappa shape index (κ3) is 3.14. The summed E-state index contributed by atoms with van der Waals surface area (Å²) >= 11 is 1.42. The van der Waals surface area contributed by atoms with Gasteiger partial charge in [-0.25, -0.2) is 0 Å². The molecule has 1 heterocycles. The van der Waals surface area contributed by atoms with Gasteiger partial charge >= 0.3 is 5.97 Å². The van der Waals surface area contributed by atoms with Crippen molar-refractivity contribution in [1.29, 1.82) is 0 Å². The molecule has 1 aliphatic rings. The molecular weight excluding hydrogens is 340 g/mol. The van der Waals surface area contributed by atoms with Crippen molar-refractivity contribution in [3.05, 3.63) is 45.6 Å². The zero-order valence-electron chi connectivity index (χ0n) is 14.4. The van der Waals surface area contributed by atoms with Crippen LogP contribution in [0.4, 0.5) is 0 Å². The second-order valence-corrected chi connectivity index (χ2v) is 6.70. The summed E-state index contributed by atoms with van der Waals surface area (Å²) in [6.45, 7) is 2.06. The molecule has 5 nitrogen and oxygen atoms in total. The molecule has 0 bridgehead atoms. The Bertz CT molecular complexity index is 795. The largest absolute Gasteiger partial charge is 0.493 e. The number of rotatable bonds is 5. The number of fused-ring (bicyclic) bond motifs is 1. The number of carbonyl (C=O) groups is 2. The smallest absolute Gasteiger partial charge is 0.310 e. The number of methoxy groups -OCH3 is 2. The van der Waals surface area contributed by atoms with E-state index in [1.54, 1.807) is 21.1 Å². The number of esters is 1. The van der Waals surface area contributed by atoms with E-state index in [2.05, 4.69) is 0 Å². The molecule has 0 N–H and O–H groups in total. The fraction of sp³-hybridized carbons (Fsp3) is 0.368. The number of benzene rings is 1. The maximum absolute atomic E-state index is 12.5. The standard InChI is InChI=1S/C19H20O5S/c1-4-24-19(21)13-10-14(20)18-12(7-8-25-18)17(13)11-5-6-15(22-2)16(9-11)23-3/h5-9,13,17H,4,10H2,1-3H3/t13-,17-/m1/s1. The van der Waals surface area contributed by atoms with Gasteiger partial charge in [0.1, 0.15) is 0 Å². The molecule has 0 saturated heterocycles. The van der Waals surface area contributed by atoms with Crippen LogP contribution in [-0.4, -0.2) is 32.6 Å². The highest BCUT2D eigenvalue weighted by atomic mass is 32.1. The maximum Gasteiger partial charge on any atom is 0.310 e. The third-order valence-corrected chi connectivity index (χ3v) is 5.42. The second kappa shape index (κ2) is 7.27. The Morgan fingerprint density at radius 1 is 1.20 bits per heavy atom. The number of Topliss-reactive ketones (excluding diaryl/α,β-unsaturated/α-hetero) is 1. The van der Waals surface area contributed by atoms with E-state index in [0.29, 0.717) is 18.1 Å². The van der Waals surface area contributed by atoms with Crippen LogP contribution in [0.2, 0.25) is 0 Å². The number of ketones is 1. The topological polar surface area (TPSA) is 61.8 Å². The summed E-state index contributed by atoms with van der Waals surface area (Å²) in [5.41, 5.74) is 1.79. The van der Waals surface area contributed by atoms with E-state index >= 15 is 0 Å². The van der Waals surface area contributed by atoms with Crippen molar-refractivity contribution in [2.75, 3.05) is 20.8 Å². The monoisotopic (exact) mass is 360 g/mol. The first kappa shape index (κ1) is 17.5. The first-order valence-electron chi connectivity index (χ1n) is 8.09. The number of thiophene rings is 1. The maximum atomic E-state index is 12.5. The van der Waals surface area contributed by atoms with E-state index in [-0.39, 0.29) is 24.1 Å². The molecule has 0 unspecified atom stereocenters. The van der Waals surface area contributed by atoms with Gasteiger partial charge in [0.15, 0.2) is 17.3 Å². The molecule has 0 radical (unpaired) electrons.